The van der Waals surface area contributed by atoms with Crippen LogP contribution in [0.2, 0.25) is 0 Å². The average Bonchev–Trinajstić information content (AvgIpc) is 2.73. The first-order valence-corrected chi connectivity index (χ1v) is 9.90. The summed E-state index contributed by atoms with van der Waals surface area (Å²) in [5.41, 5.74) is 13.0. The Hall–Kier alpha value is -4.52. The average molecular weight is 447 g/mol. The summed E-state index contributed by atoms with van der Waals surface area (Å²) >= 11 is 0. The van der Waals surface area contributed by atoms with Crippen LogP contribution < -0.4 is 22.3 Å². The van der Waals surface area contributed by atoms with E-state index < -0.39 is 23.2 Å². The van der Waals surface area contributed by atoms with Gasteiger partial charge in [-0.2, -0.15) is 15.2 Å². The number of nitriles is 1. The van der Waals surface area contributed by atoms with E-state index in [1.54, 1.807) is 26.0 Å². The minimum Gasteiger partial charge on any atom is -0.382 e. The lowest BCUT2D eigenvalue weighted by molar-refractivity contribution is 0.618. The van der Waals surface area contributed by atoms with E-state index in [-0.39, 0.29) is 28.7 Å². The highest BCUT2D eigenvalue weighted by atomic mass is 19.1. The zero-order chi connectivity index (χ0) is 23.9. The van der Waals surface area contributed by atoms with Crippen LogP contribution in [0.3, 0.4) is 0 Å². The van der Waals surface area contributed by atoms with Gasteiger partial charge in [-0.1, -0.05) is 6.07 Å². The molecule has 1 aromatic carbocycles. The van der Waals surface area contributed by atoms with Gasteiger partial charge in [-0.15, -0.1) is 0 Å². The lowest BCUT2D eigenvalue weighted by Gasteiger charge is -2.21. The van der Waals surface area contributed by atoms with E-state index in [0.717, 1.165) is 6.20 Å². The Kier molecular flexibility index (Phi) is 5.39. The van der Waals surface area contributed by atoms with Crippen molar-refractivity contribution in [1.82, 2.24) is 14.4 Å². The predicted molar refractivity (Wildman–Crippen MR) is 121 cm³/mol. The van der Waals surface area contributed by atoms with E-state index in [4.69, 9.17) is 11.5 Å². The van der Waals surface area contributed by atoms with E-state index in [0.29, 0.717) is 22.2 Å². The third-order valence-electron chi connectivity index (χ3n) is 5.19. The highest BCUT2D eigenvalue weighted by Gasteiger charge is 2.21. The van der Waals surface area contributed by atoms with Crippen LogP contribution in [0, 0.1) is 29.9 Å². The number of nitrogens with zero attached hydrogens (tertiary/aromatic N) is 4. The van der Waals surface area contributed by atoms with Crippen molar-refractivity contribution < 1.29 is 8.78 Å². The van der Waals surface area contributed by atoms with Gasteiger partial charge < -0.3 is 16.8 Å². The number of aryl methyl sites for hydroxylation is 1. The van der Waals surface area contributed by atoms with Gasteiger partial charge in [-0.25, -0.2) is 8.78 Å². The van der Waals surface area contributed by atoms with Crippen molar-refractivity contribution in [2.75, 3.05) is 16.8 Å². The molecule has 0 fully saturated rings. The van der Waals surface area contributed by atoms with Gasteiger partial charge in [-0.3, -0.25) is 9.20 Å². The largest absolute Gasteiger partial charge is 0.382 e. The molecule has 0 radical (unpaired) electrons. The van der Waals surface area contributed by atoms with Crippen molar-refractivity contribution in [3.05, 3.63) is 81.3 Å². The smallest absolute Gasteiger partial charge is 0.263 e. The quantitative estimate of drug-likeness (QED) is 0.435. The van der Waals surface area contributed by atoms with E-state index in [9.17, 15) is 18.8 Å². The standard InChI is InChI=1S/C23H19F2N7O/c1-11-5-13(7-15(25)6-11)19-17(8-16-4-3-14(24)10-32(16)22(19)33)12(2)29-21-18(9-26)20(27)30-23(28)31-21/h3-8,10,12H,1-2H3,(H5,27,28,29,30,31)/t12-/m0/s1. The molecule has 0 bridgehead atoms. The van der Waals surface area contributed by atoms with Gasteiger partial charge >= 0.3 is 0 Å². The molecule has 3 heterocycles. The van der Waals surface area contributed by atoms with Crippen LogP contribution in [0.25, 0.3) is 16.6 Å². The van der Waals surface area contributed by atoms with Gasteiger partial charge in [-0.05, 0) is 60.9 Å². The van der Waals surface area contributed by atoms with Gasteiger partial charge in [0.2, 0.25) is 5.95 Å². The summed E-state index contributed by atoms with van der Waals surface area (Å²) in [6.45, 7) is 3.44. The van der Waals surface area contributed by atoms with Crippen LogP contribution >= 0.6 is 0 Å². The van der Waals surface area contributed by atoms with Gasteiger partial charge in [0, 0.05) is 11.7 Å². The first-order chi connectivity index (χ1) is 15.7. The van der Waals surface area contributed by atoms with Gasteiger partial charge in [0.1, 0.15) is 29.1 Å². The van der Waals surface area contributed by atoms with Crippen LogP contribution in [0.15, 0.2) is 47.4 Å². The van der Waals surface area contributed by atoms with Crippen molar-refractivity contribution in [1.29, 1.82) is 5.26 Å². The fourth-order valence-corrected chi connectivity index (χ4v) is 3.76. The molecular formula is C23H19F2N7O. The van der Waals surface area contributed by atoms with Crippen molar-refractivity contribution in [2.24, 2.45) is 0 Å². The van der Waals surface area contributed by atoms with E-state index in [1.165, 1.54) is 28.7 Å². The van der Waals surface area contributed by atoms with Gasteiger partial charge in [0.05, 0.1) is 11.6 Å². The molecule has 0 aliphatic carbocycles. The number of pyridine rings is 2. The summed E-state index contributed by atoms with van der Waals surface area (Å²) in [6.07, 6.45) is 1.08. The number of hydrogen-bond donors (Lipinski definition) is 3. The van der Waals surface area contributed by atoms with Crippen LogP contribution in [-0.2, 0) is 0 Å². The number of rotatable bonds is 4. The number of anilines is 3. The normalized spacial score (nSPS) is 11.8. The second-order valence-electron chi connectivity index (χ2n) is 7.61. The molecule has 0 spiro atoms. The van der Waals surface area contributed by atoms with Crippen molar-refractivity contribution in [3.63, 3.8) is 0 Å². The summed E-state index contributed by atoms with van der Waals surface area (Å²) in [5, 5.41) is 12.5. The SMILES string of the molecule is Cc1cc(F)cc(-c2c([C@H](C)Nc3nc(N)nc(N)c3C#N)cc3ccc(F)cn3c2=O)c1. The molecule has 5 N–H and O–H groups in total. The molecule has 0 amide bonds. The van der Waals surface area contributed by atoms with Gasteiger partial charge in [0.15, 0.2) is 5.82 Å². The fraction of sp³-hybridized carbons (Fsp3) is 0.130. The molecule has 0 saturated heterocycles. The zero-order valence-electron chi connectivity index (χ0n) is 17.7. The summed E-state index contributed by atoms with van der Waals surface area (Å²) in [5.74, 6) is -1.22. The highest BCUT2D eigenvalue weighted by molar-refractivity contribution is 5.73. The van der Waals surface area contributed by atoms with E-state index in [2.05, 4.69) is 15.3 Å². The Morgan fingerprint density at radius 3 is 2.58 bits per heavy atom. The Balaban J connectivity index is 1.96. The molecule has 0 saturated carbocycles. The molecule has 4 aromatic rings. The molecule has 0 aliphatic rings. The number of nitrogen functional groups attached to an aromatic ring is 2. The predicted octanol–water partition coefficient (Wildman–Crippen LogP) is 3.55. The molecular weight excluding hydrogens is 428 g/mol. The number of nitrogens with two attached hydrogens (primary N) is 2. The van der Waals surface area contributed by atoms with Crippen molar-refractivity contribution in [2.45, 2.75) is 19.9 Å². The van der Waals surface area contributed by atoms with Crippen molar-refractivity contribution in [3.8, 4) is 17.2 Å². The second-order valence-corrected chi connectivity index (χ2v) is 7.61. The maximum absolute atomic E-state index is 14.2. The molecule has 4 rings (SSSR count). The maximum Gasteiger partial charge on any atom is 0.263 e. The first kappa shape index (κ1) is 21.7. The molecule has 0 aliphatic heterocycles. The number of hydrogen-bond acceptors (Lipinski definition) is 7. The molecule has 10 heteroatoms. The first-order valence-electron chi connectivity index (χ1n) is 9.90. The molecule has 0 unspecified atom stereocenters. The van der Waals surface area contributed by atoms with Crippen molar-refractivity contribution >= 4 is 23.1 Å². The Labute approximate surface area is 187 Å². The minimum absolute atomic E-state index is 0.00113. The summed E-state index contributed by atoms with van der Waals surface area (Å²) < 4.78 is 29.3. The number of nitrogens with one attached hydrogen (secondary N) is 1. The topological polar surface area (TPSA) is 135 Å². The van der Waals surface area contributed by atoms with Crippen LogP contribution in [0.1, 0.15) is 29.7 Å². The van der Waals surface area contributed by atoms with E-state index in [1.807, 2.05) is 6.07 Å². The maximum atomic E-state index is 14.2. The lowest BCUT2D eigenvalue weighted by Crippen LogP contribution is -2.22. The van der Waals surface area contributed by atoms with Crippen LogP contribution in [0.4, 0.5) is 26.4 Å². The molecule has 1 atom stereocenters. The highest BCUT2D eigenvalue weighted by Crippen LogP contribution is 2.31. The van der Waals surface area contributed by atoms with Crippen LogP contribution in [0.5, 0.6) is 0 Å². The van der Waals surface area contributed by atoms with E-state index >= 15 is 0 Å². The molecule has 8 nitrogen and oxygen atoms in total. The Morgan fingerprint density at radius 1 is 1.12 bits per heavy atom. The van der Waals surface area contributed by atoms with Gasteiger partial charge in [0.25, 0.3) is 5.56 Å². The number of benzene rings is 1. The number of fused-ring (bicyclic) bond motifs is 1. The summed E-state index contributed by atoms with van der Waals surface area (Å²) in [7, 11) is 0. The Bertz CT molecular complexity index is 1490. The monoisotopic (exact) mass is 447 g/mol. The molecule has 166 valence electrons. The number of aromatic nitrogens is 3. The molecule has 33 heavy (non-hydrogen) atoms. The van der Waals surface area contributed by atoms with Crippen LogP contribution in [-0.4, -0.2) is 14.4 Å². The molecule has 3 aromatic heterocycles. The summed E-state index contributed by atoms with van der Waals surface area (Å²) in [4.78, 5) is 21.3. The lowest BCUT2D eigenvalue weighted by atomic mass is 9.95. The summed E-state index contributed by atoms with van der Waals surface area (Å²) in [6, 6.07) is 9.98. The third-order valence-corrected chi connectivity index (χ3v) is 5.19. The minimum atomic E-state index is -0.605. The second kappa shape index (κ2) is 8.20. The zero-order valence-corrected chi connectivity index (χ0v) is 17.7. The number of halogens is 2. The third kappa shape index (κ3) is 4.04. The Morgan fingerprint density at radius 2 is 1.88 bits per heavy atom. The fourth-order valence-electron chi connectivity index (χ4n) is 3.76.